The van der Waals surface area contributed by atoms with Gasteiger partial charge in [0.1, 0.15) is 0 Å². The summed E-state index contributed by atoms with van der Waals surface area (Å²) in [6.07, 6.45) is 0. The molecule has 0 spiro atoms. The second kappa shape index (κ2) is 26.0. The summed E-state index contributed by atoms with van der Waals surface area (Å²) in [5.74, 6) is 1.22. The monoisotopic (exact) mass is 1320 g/mol. The molecule has 13 aromatic carbocycles. The lowest BCUT2D eigenvalue weighted by molar-refractivity contribution is 1.06. The van der Waals surface area contributed by atoms with Crippen LogP contribution in [0.25, 0.3) is 180 Å². The Morgan fingerprint density at radius 1 is 0.240 bits per heavy atom. The lowest BCUT2D eigenvalue weighted by Gasteiger charge is -2.19. The molecule has 3 aromatic heterocycles. The zero-order valence-corrected chi connectivity index (χ0v) is 54.7. The lowest BCUT2D eigenvalue weighted by Crippen LogP contribution is -2.04. The maximum Gasteiger partial charge on any atom is 0.189 e. The fraction of sp³-hybridized carbons (Fsp3) is 0. The maximum absolute atomic E-state index is 10.2. The summed E-state index contributed by atoms with van der Waals surface area (Å²) in [5, 5.41) is 44.0. The Kier molecular flexibility index (Phi) is 15.7. The molecular formula is C90H44N14. The third kappa shape index (κ3) is 11.3. The van der Waals surface area contributed by atoms with Crippen LogP contribution in [0.1, 0.15) is 22.3 Å². The van der Waals surface area contributed by atoms with Crippen LogP contribution in [0.2, 0.25) is 0 Å². The van der Waals surface area contributed by atoms with E-state index in [9.17, 15) is 21.0 Å². The predicted molar refractivity (Wildman–Crippen MR) is 408 cm³/mol. The van der Waals surface area contributed by atoms with Crippen molar-refractivity contribution in [1.82, 2.24) is 24.1 Å². The molecule has 16 aromatic rings. The molecule has 0 saturated carbocycles. The molecule has 0 amide bonds. The summed E-state index contributed by atoms with van der Waals surface area (Å²) < 4.78 is 4.42. The van der Waals surface area contributed by atoms with Gasteiger partial charge < -0.3 is 9.13 Å². The third-order valence-corrected chi connectivity index (χ3v) is 18.6. The number of hydrogen-bond donors (Lipinski definition) is 0. The van der Waals surface area contributed by atoms with Crippen molar-refractivity contribution in [3.8, 4) is 137 Å². The van der Waals surface area contributed by atoms with Crippen LogP contribution in [-0.4, -0.2) is 24.1 Å². The molecule has 0 bridgehead atoms. The Labute approximate surface area is 596 Å². The fourth-order valence-electron chi connectivity index (χ4n) is 13.8. The van der Waals surface area contributed by atoms with Gasteiger partial charge in [-0.15, -0.1) is 0 Å². The highest BCUT2D eigenvalue weighted by atomic mass is 15.1. The van der Waals surface area contributed by atoms with E-state index < -0.39 is 0 Å². The van der Waals surface area contributed by atoms with Gasteiger partial charge in [-0.25, -0.2) is 39.2 Å². The molecule has 0 atom stereocenters. The summed E-state index contributed by atoms with van der Waals surface area (Å²) in [4.78, 5) is 34.7. The van der Waals surface area contributed by atoms with Gasteiger partial charge in [-0.2, -0.15) is 21.0 Å². The van der Waals surface area contributed by atoms with Crippen molar-refractivity contribution < 1.29 is 0 Å². The Hall–Kier alpha value is -16.1. The SMILES string of the molecule is [C-]#[N+]c1ccc(-c2ccc(-n3c4ccc(-c5cc(C#N)cc(C#N)c5)cc4c4cc(-c5cc(C#N)cc([N+]#[C-])c5)ccc43)c(-c3ccc(-n4c5ccc(-c6cc(C#N)cc([N+]#[C-])c6)cc5c5cc(-c6cc([N+]#[C-])cc([N+]#[C-])c6)ccc54)c(-c4nc(-c5ccccc5)nc(-c5ccccc5)n4)c3)c2)cc1. The van der Waals surface area contributed by atoms with Crippen LogP contribution in [0.15, 0.2) is 267 Å². The molecule has 0 radical (unpaired) electrons. The highest BCUT2D eigenvalue weighted by molar-refractivity contribution is 6.14. The van der Waals surface area contributed by atoms with Gasteiger partial charge in [-0.3, -0.25) is 0 Å². The molecule has 14 heteroatoms. The van der Waals surface area contributed by atoms with E-state index in [0.717, 1.165) is 105 Å². The van der Waals surface area contributed by atoms with Gasteiger partial charge in [0.25, 0.3) is 0 Å². The summed E-state index contributed by atoms with van der Waals surface area (Å²) >= 11 is 0. The minimum Gasteiger partial charge on any atom is -0.309 e. The molecule has 0 fully saturated rings. The highest BCUT2D eigenvalue weighted by Crippen LogP contribution is 2.46. The summed E-state index contributed by atoms with van der Waals surface area (Å²) in [7, 11) is 0. The topological polar surface area (TPSA) is 165 Å². The van der Waals surface area contributed by atoms with E-state index >= 15 is 0 Å². The Morgan fingerprint density at radius 3 is 0.962 bits per heavy atom. The largest absolute Gasteiger partial charge is 0.309 e. The van der Waals surface area contributed by atoms with Gasteiger partial charge in [0.2, 0.25) is 0 Å². The molecule has 0 N–H and O–H groups in total. The van der Waals surface area contributed by atoms with Crippen LogP contribution < -0.4 is 0 Å². The highest BCUT2D eigenvalue weighted by Gasteiger charge is 2.25. The zero-order valence-electron chi connectivity index (χ0n) is 54.7. The molecular weight excluding hydrogens is 1280 g/mol. The normalized spacial score (nSPS) is 10.8. The van der Waals surface area contributed by atoms with Crippen LogP contribution >= 0.6 is 0 Å². The van der Waals surface area contributed by atoms with Gasteiger partial charge in [-0.1, -0.05) is 140 Å². The number of benzene rings is 13. The Balaban J connectivity index is 1.00. The van der Waals surface area contributed by atoms with E-state index in [0.29, 0.717) is 102 Å². The number of fused-ring (bicyclic) bond motifs is 6. The quantitative estimate of drug-likeness (QED) is 0.116. The zero-order chi connectivity index (χ0) is 71.1. The van der Waals surface area contributed by atoms with Crippen molar-refractivity contribution >= 4 is 72.0 Å². The smallest absolute Gasteiger partial charge is 0.189 e. The maximum atomic E-state index is 10.2. The predicted octanol–water partition coefficient (Wildman–Crippen LogP) is 23.3. The van der Waals surface area contributed by atoms with E-state index in [1.165, 1.54) is 0 Å². The van der Waals surface area contributed by atoms with E-state index in [-0.39, 0.29) is 0 Å². The third-order valence-electron chi connectivity index (χ3n) is 18.6. The van der Waals surface area contributed by atoms with Crippen molar-refractivity contribution in [2.75, 3.05) is 0 Å². The van der Waals surface area contributed by atoms with Crippen molar-refractivity contribution in [3.63, 3.8) is 0 Å². The first kappa shape index (κ1) is 62.7. The van der Waals surface area contributed by atoms with Gasteiger partial charge >= 0.3 is 0 Å². The van der Waals surface area contributed by atoms with Gasteiger partial charge in [0, 0.05) is 54.9 Å². The molecule has 14 nitrogen and oxygen atoms in total. The fourth-order valence-corrected chi connectivity index (χ4v) is 13.8. The second-order valence-electron chi connectivity index (χ2n) is 24.7. The number of hydrogen-bond acceptors (Lipinski definition) is 7. The van der Waals surface area contributed by atoms with Crippen molar-refractivity contribution in [2.24, 2.45) is 0 Å². The summed E-state index contributed by atoms with van der Waals surface area (Å²) in [6, 6.07) is 93.6. The van der Waals surface area contributed by atoms with E-state index in [1.54, 1.807) is 84.9 Å². The van der Waals surface area contributed by atoms with Gasteiger partial charge in [0.05, 0.1) is 102 Å². The van der Waals surface area contributed by atoms with Crippen LogP contribution in [0.5, 0.6) is 0 Å². The van der Waals surface area contributed by atoms with Crippen molar-refractivity contribution in [2.45, 2.75) is 0 Å². The molecule has 0 saturated heterocycles. The molecule has 3 heterocycles. The molecule has 0 aliphatic heterocycles. The molecule has 474 valence electrons. The van der Waals surface area contributed by atoms with Crippen molar-refractivity contribution in [3.05, 3.63) is 346 Å². The van der Waals surface area contributed by atoms with E-state index in [2.05, 4.69) is 124 Å². The van der Waals surface area contributed by atoms with E-state index in [4.69, 9.17) is 47.8 Å². The minimum atomic E-state index is 0.324. The van der Waals surface area contributed by atoms with Crippen LogP contribution in [0.4, 0.5) is 28.4 Å². The Morgan fingerprint density at radius 2 is 0.558 bits per heavy atom. The minimum absolute atomic E-state index is 0.324. The Bertz CT molecular complexity index is 6320. The number of aromatic nitrogens is 5. The van der Waals surface area contributed by atoms with E-state index in [1.807, 2.05) is 115 Å². The number of nitrogens with zero attached hydrogens (tertiary/aromatic N) is 14. The lowest BCUT2D eigenvalue weighted by atomic mass is 9.95. The summed E-state index contributed by atoms with van der Waals surface area (Å²) in [6.45, 7) is 39.7. The molecule has 16 rings (SSSR count). The van der Waals surface area contributed by atoms with Gasteiger partial charge in [-0.05, 0) is 189 Å². The average molecular weight is 1320 g/mol. The van der Waals surface area contributed by atoms with Gasteiger partial charge in [0.15, 0.2) is 45.9 Å². The molecule has 0 aliphatic rings. The molecule has 0 aliphatic carbocycles. The molecule has 104 heavy (non-hydrogen) atoms. The number of nitriles is 4. The molecule has 0 unspecified atom stereocenters. The first-order chi connectivity index (χ1) is 51.0. The first-order valence-electron chi connectivity index (χ1n) is 32.6. The first-order valence-corrected chi connectivity index (χ1v) is 32.6. The van der Waals surface area contributed by atoms with Crippen LogP contribution in [-0.2, 0) is 0 Å². The second-order valence-corrected chi connectivity index (χ2v) is 24.7. The van der Waals surface area contributed by atoms with Crippen molar-refractivity contribution in [1.29, 1.82) is 21.0 Å². The average Bonchev–Trinajstić information content (AvgIpc) is 1.56. The standard InChI is InChI=1S/C90H44N14/c1-95-71-24-16-58(17-25-71)61-18-26-82(103-83-27-19-62(67-33-54(50-91)32-55(34-67)51-92)44-77(83)78-45-63(20-28-84(78)103)68-35-56(52-93)37-72(39-68)96-2)76(43-61)66-23-31-87(81(48-66)90-101-88(59-12-8-6-9-13-59)100-89(102-90)60-14-10-7-11-15-60)104-85-29-21-64(69-36-57(53-94)38-73(40-69)97-3)46-79(85)80-47-65(22-30-86(80)104)70-41-74(98-4)49-75(42-70)99-5/h6-49H. The van der Waals surface area contributed by atoms with Crippen LogP contribution in [0.3, 0.4) is 0 Å². The number of rotatable bonds is 11. The summed E-state index contributed by atoms with van der Waals surface area (Å²) in [5.41, 5.74) is 19.1. The van der Waals surface area contributed by atoms with Crippen LogP contribution in [0, 0.1) is 78.2 Å².